The van der Waals surface area contributed by atoms with Crippen molar-refractivity contribution in [2.45, 2.75) is 72.3 Å². The van der Waals surface area contributed by atoms with Gasteiger partial charge in [-0.15, -0.1) is 6.58 Å². The molecular weight excluding hydrogens is 298 g/mol. The maximum atomic E-state index is 12.2. The second-order valence-corrected chi connectivity index (χ2v) is 6.84. The molecule has 0 aromatic carbocycles. The van der Waals surface area contributed by atoms with Crippen LogP contribution in [0.15, 0.2) is 12.7 Å². The molecule has 0 rings (SSSR count). The van der Waals surface area contributed by atoms with Crippen LogP contribution in [0.1, 0.15) is 48.5 Å². The molecule has 0 saturated heterocycles. The van der Waals surface area contributed by atoms with Gasteiger partial charge in [0, 0.05) is 0 Å². The fourth-order valence-corrected chi connectivity index (χ4v) is 1.87. The maximum Gasteiger partial charge on any atom is 0.408 e. The van der Waals surface area contributed by atoms with Crippen LogP contribution in [0.4, 0.5) is 4.79 Å². The smallest absolute Gasteiger partial charge is 0.408 e. The van der Waals surface area contributed by atoms with E-state index < -0.39 is 29.8 Å². The minimum Gasteiger partial charge on any atom is -0.458 e. The van der Waals surface area contributed by atoms with E-state index in [9.17, 15) is 9.59 Å². The van der Waals surface area contributed by atoms with E-state index in [1.54, 1.807) is 33.8 Å². The van der Waals surface area contributed by atoms with Gasteiger partial charge in [0.2, 0.25) is 0 Å². The van der Waals surface area contributed by atoms with Gasteiger partial charge in [0.25, 0.3) is 0 Å². The van der Waals surface area contributed by atoms with Crippen LogP contribution >= 0.6 is 0 Å². The molecule has 0 heterocycles. The van der Waals surface area contributed by atoms with Gasteiger partial charge in [-0.1, -0.05) is 19.9 Å². The third-order valence-corrected chi connectivity index (χ3v) is 2.94. The highest BCUT2D eigenvalue weighted by molar-refractivity contribution is 5.81. The van der Waals surface area contributed by atoms with Crippen molar-refractivity contribution in [2.75, 3.05) is 6.61 Å². The number of ether oxygens (including phenoxy) is 3. The van der Waals surface area contributed by atoms with Crippen molar-refractivity contribution in [1.29, 1.82) is 0 Å². The van der Waals surface area contributed by atoms with Crippen LogP contribution in [0.3, 0.4) is 0 Å². The van der Waals surface area contributed by atoms with Crippen LogP contribution in [0.5, 0.6) is 0 Å². The maximum absolute atomic E-state index is 12.2. The van der Waals surface area contributed by atoms with E-state index in [1.807, 2.05) is 20.8 Å². The Balaban J connectivity index is 4.61. The van der Waals surface area contributed by atoms with Gasteiger partial charge >= 0.3 is 12.1 Å². The summed E-state index contributed by atoms with van der Waals surface area (Å²) in [6.45, 7) is 16.5. The van der Waals surface area contributed by atoms with Crippen LogP contribution in [-0.2, 0) is 19.0 Å². The number of hydrogen-bond acceptors (Lipinski definition) is 5. The number of hydrogen-bond donors (Lipinski definition) is 1. The number of carbonyl (C=O) groups is 2. The molecule has 6 heteroatoms. The summed E-state index contributed by atoms with van der Waals surface area (Å²) in [6.07, 6.45) is 0.303. The van der Waals surface area contributed by atoms with Crippen molar-refractivity contribution in [3.05, 3.63) is 12.7 Å². The normalized spacial score (nSPS) is 15.5. The SMILES string of the molecule is C=CCO[C@@H](C)[C@@H](OC(=O)[C@H](C)NC(=O)OC(C)(C)C)C(C)C. The quantitative estimate of drug-likeness (QED) is 0.547. The highest BCUT2D eigenvalue weighted by atomic mass is 16.6. The average molecular weight is 329 g/mol. The summed E-state index contributed by atoms with van der Waals surface area (Å²) >= 11 is 0. The number of nitrogens with one attached hydrogen (secondary N) is 1. The fourth-order valence-electron chi connectivity index (χ4n) is 1.87. The van der Waals surface area contributed by atoms with E-state index >= 15 is 0 Å². The number of amides is 1. The highest BCUT2D eigenvalue weighted by Gasteiger charge is 2.29. The van der Waals surface area contributed by atoms with Crippen LogP contribution < -0.4 is 5.32 Å². The Hall–Kier alpha value is -1.56. The molecular formula is C17H31NO5. The number of carbonyl (C=O) groups excluding carboxylic acids is 2. The Morgan fingerprint density at radius 2 is 1.74 bits per heavy atom. The Morgan fingerprint density at radius 1 is 1.17 bits per heavy atom. The monoisotopic (exact) mass is 329 g/mol. The van der Waals surface area contributed by atoms with Gasteiger partial charge in [-0.25, -0.2) is 9.59 Å². The van der Waals surface area contributed by atoms with Gasteiger partial charge in [0.1, 0.15) is 17.7 Å². The van der Waals surface area contributed by atoms with Crippen LogP contribution in [0.25, 0.3) is 0 Å². The molecule has 0 saturated carbocycles. The van der Waals surface area contributed by atoms with E-state index in [2.05, 4.69) is 11.9 Å². The zero-order chi connectivity index (χ0) is 18.2. The third kappa shape index (κ3) is 9.23. The molecule has 6 nitrogen and oxygen atoms in total. The summed E-state index contributed by atoms with van der Waals surface area (Å²) in [5.74, 6) is -0.448. The van der Waals surface area contributed by atoms with Gasteiger partial charge < -0.3 is 19.5 Å². The molecule has 0 unspecified atom stereocenters. The molecule has 0 aliphatic rings. The lowest BCUT2D eigenvalue weighted by Crippen LogP contribution is -2.45. The summed E-state index contributed by atoms with van der Waals surface area (Å²) in [7, 11) is 0. The fraction of sp³-hybridized carbons (Fsp3) is 0.765. The molecule has 0 aliphatic heterocycles. The van der Waals surface area contributed by atoms with Crippen molar-refractivity contribution in [2.24, 2.45) is 5.92 Å². The van der Waals surface area contributed by atoms with Gasteiger partial charge in [0.05, 0.1) is 12.7 Å². The summed E-state index contributed by atoms with van der Waals surface area (Å²) in [5, 5.41) is 2.47. The zero-order valence-corrected chi connectivity index (χ0v) is 15.3. The molecule has 0 bridgehead atoms. The first kappa shape index (κ1) is 21.4. The Labute approximate surface area is 139 Å². The van der Waals surface area contributed by atoms with Crippen molar-refractivity contribution in [1.82, 2.24) is 5.32 Å². The molecule has 0 spiro atoms. The van der Waals surface area contributed by atoms with Gasteiger partial charge in [-0.3, -0.25) is 0 Å². The van der Waals surface area contributed by atoms with Crippen molar-refractivity contribution < 1.29 is 23.8 Å². The zero-order valence-electron chi connectivity index (χ0n) is 15.3. The molecule has 1 N–H and O–H groups in total. The lowest BCUT2D eigenvalue weighted by Gasteiger charge is -2.28. The van der Waals surface area contributed by atoms with Gasteiger partial charge in [-0.2, -0.15) is 0 Å². The molecule has 0 aliphatic carbocycles. The molecule has 0 radical (unpaired) electrons. The third-order valence-electron chi connectivity index (χ3n) is 2.94. The summed E-state index contributed by atoms with van der Waals surface area (Å²) in [5.41, 5.74) is -0.624. The van der Waals surface area contributed by atoms with Crippen molar-refractivity contribution in [3.63, 3.8) is 0 Å². The first-order chi connectivity index (χ1) is 10.5. The van der Waals surface area contributed by atoms with E-state index in [-0.39, 0.29) is 12.0 Å². The van der Waals surface area contributed by atoms with Crippen molar-refractivity contribution in [3.8, 4) is 0 Å². The van der Waals surface area contributed by atoms with E-state index in [0.29, 0.717) is 6.61 Å². The minimum atomic E-state index is -0.808. The lowest BCUT2D eigenvalue weighted by molar-refractivity contribution is -0.162. The standard InChI is InChI=1S/C17H31NO5/c1-9-10-21-13(5)14(11(2)3)22-15(19)12(4)18-16(20)23-17(6,7)8/h9,11-14H,1,10H2,2-8H3,(H,18,20)/t12-,13-,14-/m0/s1. The Bertz CT molecular complexity index is 400. The van der Waals surface area contributed by atoms with E-state index in [4.69, 9.17) is 14.2 Å². The summed E-state index contributed by atoms with van der Waals surface area (Å²) < 4.78 is 16.1. The van der Waals surface area contributed by atoms with Gasteiger partial charge in [-0.05, 0) is 40.5 Å². The van der Waals surface area contributed by atoms with E-state index in [1.165, 1.54) is 0 Å². The van der Waals surface area contributed by atoms with Crippen LogP contribution in [0, 0.1) is 5.92 Å². The molecule has 23 heavy (non-hydrogen) atoms. The van der Waals surface area contributed by atoms with Crippen molar-refractivity contribution >= 4 is 12.1 Å². The van der Waals surface area contributed by atoms with E-state index in [0.717, 1.165) is 0 Å². The lowest BCUT2D eigenvalue weighted by atomic mass is 10.0. The second kappa shape index (κ2) is 9.55. The molecule has 3 atom stereocenters. The topological polar surface area (TPSA) is 73.9 Å². The molecule has 0 fully saturated rings. The summed E-state index contributed by atoms with van der Waals surface area (Å²) in [4.78, 5) is 23.9. The predicted octanol–water partition coefficient (Wildman–Crippen LogP) is 3.06. The van der Waals surface area contributed by atoms with Crippen LogP contribution in [0.2, 0.25) is 0 Å². The minimum absolute atomic E-state index is 0.0764. The average Bonchev–Trinajstić information content (AvgIpc) is 2.38. The predicted molar refractivity (Wildman–Crippen MR) is 89.2 cm³/mol. The molecule has 134 valence electrons. The number of alkyl carbamates (subject to hydrolysis) is 1. The number of esters is 1. The molecule has 1 amide bonds. The van der Waals surface area contributed by atoms with Crippen LogP contribution in [-0.4, -0.2) is 42.5 Å². The second-order valence-electron chi connectivity index (χ2n) is 6.84. The Morgan fingerprint density at radius 3 is 2.17 bits per heavy atom. The Kier molecular flexibility index (Phi) is 8.90. The molecule has 0 aromatic rings. The van der Waals surface area contributed by atoms with Gasteiger partial charge in [0.15, 0.2) is 0 Å². The first-order valence-corrected chi connectivity index (χ1v) is 7.90. The largest absolute Gasteiger partial charge is 0.458 e. The number of rotatable bonds is 8. The summed E-state index contributed by atoms with van der Waals surface area (Å²) in [6, 6.07) is -0.808. The molecule has 0 aromatic heterocycles. The first-order valence-electron chi connectivity index (χ1n) is 7.90. The highest BCUT2D eigenvalue weighted by Crippen LogP contribution is 2.15.